The molecule has 0 unspecified atom stereocenters. The van der Waals surface area contributed by atoms with Crippen molar-refractivity contribution < 1.29 is 5.11 Å². The van der Waals surface area contributed by atoms with Crippen molar-refractivity contribution in [1.29, 1.82) is 0 Å². The van der Waals surface area contributed by atoms with Crippen molar-refractivity contribution in [2.45, 2.75) is 40.0 Å². The molecule has 6 nitrogen and oxygen atoms in total. The van der Waals surface area contributed by atoms with Gasteiger partial charge < -0.3 is 5.11 Å². The molecule has 0 aliphatic rings. The quantitative estimate of drug-likeness (QED) is 0.639. The highest BCUT2D eigenvalue weighted by Gasteiger charge is 2.19. The van der Waals surface area contributed by atoms with Crippen LogP contribution in [-0.4, -0.2) is 20.4 Å². The highest BCUT2D eigenvalue weighted by atomic mass is 16.3. The molecule has 2 N–H and O–H groups in total. The van der Waals surface area contributed by atoms with E-state index in [2.05, 4.69) is 23.8 Å². The lowest BCUT2D eigenvalue weighted by Gasteiger charge is -2.13. The number of aromatic hydroxyl groups is 1. The first-order chi connectivity index (χ1) is 13.8. The van der Waals surface area contributed by atoms with E-state index >= 15 is 0 Å². The molecule has 0 fully saturated rings. The predicted octanol–water partition coefficient (Wildman–Crippen LogP) is 4.19. The molecule has 1 aromatic heterocycles. The zero-order chi connectivity index (χ0) is 21.1. The summed E-state index contributed by atoms with van der Waals surface area (Å²) in [5.41, 5.74) is 2.40. The Kier molecular flexibility index (Phi) is 5.82. The summed E-state index contributed by atoms with van der Waals surface area (Å²) in [6, 6.07) is 14.8. The first kappa shape index (κ1) is 20.3. The summed E-state index contributed by atoms with van der Waals surface area (Å²) in [5.74, 6) is -0.00867. The van der Waals surface area contributed by atoms with Gasteiger partial charge in [-0.2, -0.15) is 0 Å². The van der Waals surface area contributed by atoms with Gasteiger partial charge in [-0.05, 0) is 49.1 Å². The number of hydrogen-bond acceptors (Lipinski definition) is 4. The van der Waals surface area contributed by atoms with Crippen LogP contribution < -0.4 is 11.2 Å². The van der Waals surface area contributed by atoms with E-state index in [1.165, 1.54) is 5.56 Å². The van der Waals surface area contributed by atoms with Crippen molar-refractivity contribution in [2.24, 2.45) is 4.99 Å². The first-order valence-electron chi connectivity index (χ1n) is 9.65. The Bertz CT molecular complexity index is 1150. The van der Waals surface area contributed by atoms with Crippen LogP contribution in [0, 0.1) is 6.92 Å². The molecule has 1 heterocycles. The van der Waals surface area contributed by atoms with E-state index in [0.29, 0.717) is 29.4 Å². The van der Waals surface area contributed by atoms with Crippen LogP contribution in [-0.2, 0) is 0 Å². The monoisotopic (exact) mass is 391 g/mol. The van der Waals surface area contributed by atoms with Gasteiger partial charge in [-0.3, -0.25) is 14.8 Å². The lowest BCUT2D eigenvalue weighted by molar-refractivity contribution is 0.429. The Morgan fingerprint density at radius 1 is 1.07 bits per heavy atom. The van der Waals surface area contributed by atoms with Crippen LogP contribution in [0.5, 0.6) is 5.88 Å². The van der Waals surface area contributed by atoms with Crippen molar-refractivity contribution >= 4 is 11.4 Å². The van der Waals surface area contributed by atoms with E-state index in [1.54, 1.807) is 12.1 Å². The van der Waals surface area contributed by atoms with E-state index in [4.69, 9.17) is 0 Å². The lowest BCUT2D eigenvalue weighted by atomic mass is 10.0. The summed E-state index contributed by atoms with van der Waals surface area (Å²) in [5, 5.41) is 10.8. The smallest absolute Gasteiger partial charge is 0.335 e. The van der Waals surface area contributed by atoms with E-state index in [1.807, 2.05) is 50.2 Å². The third kappa shape index (κ3) is 4.21. The maximum absolute atomic E-state index is 12.5. The molecule has 0 atom stereocenters. The topological polar surface area (TPSA) is 87.4 Å². The van der Waals surface area contributed by atoms with Gasteiger partial charge in [0.05, 0.1) is 17.1 Å². The minimum Gasteiger partial charge on any atom is -0.493 e. The molecule has 2 aromatic carbocycles. The van der Waals surface area contributed by atoms with Gasteiger partial charge in [0, 0.05) is 0 Å². The summed E-state index contributed by atoms with van der Waals surface area (Å²) in [6.45, 7) is 8.00. The fourth-order valence-electron chi connectivity index (χ4n) is 3.12. The number of aliphatic imine (C=N–C) groups is 1. The molecule has 0 saturated heterocycles. The Morgan fingerprint density at radius 2 is 1.69 bits per heavy atom. The molecule has 0 saturated carbocycles. The van der Waals surface area contributed by atoms with Crippen molar-refractivity contribution in [3.8, 4) is 11.6 Å². The largest absolute Gasteiger partial charge is 0.493 e. The average molecular weight is 391 g/mol. The van der Waals surface area contributed by atoms with E-state index in [0.717, 1.165) is 10.1 Å². The van der Waals surface area contributed by atoms with E-state index in [-0.39, 0.29) is 5.56 Å². The Balaban J connectivity index is 2.15. The summed E-state index contributed by atoms with van der Waals surface area (Å²) in [4.78, 5) is 31.8. The van der Waals surface area contributed by atoms with Gasteiger partial charge >= 0.3 is 5.69 Å². The zero-order valence-corrected chi connectivity index (χ0v) is 17.1. The number of nitrogens with zero attached hydrogens (tertiary/aromatic N) is 2. The van der Waals surface area contributed by atoms with Crippen molar-refractivity contribution in [3.05, 3.63) is 86.1 Å². The van der Waals surface area contributed by atoms with Crippen LogP contribution in [0.1, 0.15) is 49.8 Å². The Morgan fingerprint density at radius 3 is 2.24 bits per heavy atom. The summed E-state index contributed by atoms with van der Waals surface area (Å²) >= 11 is 0. The summed E-state index contributed by atoms with van der Waals surface area (Å²) < 4.78 is 1.09. The molecular weight excluding hydrogens is 366 g/mol. The number of aromatic amines is 1. The van der Waals surface area contributed by atoms with E-state index < -0.39 is 17.1 Å². The number of benzene rings is 2. The van der Waals surface area contributed by atoms with Gasteiger partial charge in [0.15, 0.2) is 0 Å². The molecular formula is C23H25N3O3. The third-order valence-corrected chi connectivity index (χ3v) is 4.83. The van der Waals surface area contributed by atoms with Crippen LogP contribution in [0.4, 0.5) is 5.69 Å². The molecule has 0 aliphatic carbocycles. The normalized spacial score (nSPS) is 11.8. The SMILES string of the molecule is CCC(=Nc1ccc(C(C)C)cc1)c1c(O)n(-c2ccc(C)cc2)c(=O)[nH]c1=O. The maximum atomic E-state index is 12.5. The molecule has 0 radical (unpaired) electrons. The van der Waals surface area contributed by atoms with Crippen LogP contribution in [0.25, 0.3) is 5.69 Å². The Labute approximate surface area is 169 Å². The number of aromatic nitrogens is 2. The van der Waals surface area contributed by atoms with Crippen LogP contribution in [0.2, 0.25) is 0 Å². The van der Waals surface area contributed by atoms with Crippen LogP contribution in [0.15, 0.2) is 63.1 Å². The maximum Gasteiger partial charge on any atom is 0.335 e. The second-order valence-electron chi connectivity index (χ2n) is 7.29. The number of H-pyrrole nitrogens is 1. The second kappa shape index (κ2) is 8.31. The lowest BCUT2D eigenvalue weighted by Crippen LogP contribution is -2.33. The zero-order valence-electron chi connectivity index (χ0n) is 17.1. The molecule has 6 heteroatoms. The van der Waals surface area contributed by atoms with Crippen molar-refractivity contribution in [1.82, 2.24) is 9.55 Å². The molecule has 29 heavy (non-hydrogen) atoms. The Hall–Kier alpha value is -3.41. The minimum atomic E-state index is -0.697. The van der Waals surface area contributed by atoms with Gasteiger partial charge in [-0.15, -0.1) is 0 Å². The summed E-state index contributed by atoms with van der Waals surface area (Å²) in [7, 11) is 0. The minimum absolute atomic E-state index is 0.000566. The van der Waals surface area contributed by atoms with Crippen LogP contribution >= 0.6 is 0 Å². The molecule has 0 amide bonds. The first-order valence-corrected chi connectivity index (χ1v) is 9.65. The highest BCUT2D eigenvalue weighted by Crippen LogP contribution is 2.23. The molecule has 0 aliphatic heterocycles. The fraction of sp³-hybridized carbons (Fsp3) is 0.261. The number of rotatable bonds is 5. The molecule has 150 valence electrons. The van der Waals surface area contributed by atoms with Crippen molar-refractivity contribution in [2.75, 3.05) is 0 Å². The molecule has 0 spiro atoms. The molecule has 3 rings (SSSR count). The number of aryl methyl sites for hydroxylation is 1. The number of nitrogens with one attached hydrogen (secondary N) is 1. The standard InChI is InChI=1S/C23H25N3O3/c1-5-19(24-17-10-8-16(9-11-17)14(2)3)20-21(27)25-23(29)26(22(20)28)18-12-6-15(4)7-13-18/h6-14,28H,5H2,1-4H3,(H,25,27,29). The predicted molar refractivity (Wildman–Crippen MR) is 116 cm³/mol. The summed E-state index contributed by atoms with van der Waals surface area (Å²) in [6.07, 6.45) is 0.411. The average Bonchev–Trinajstić information content (AvgIpc) is 2.68. The van der Waals surface area contributed by atoms with Crippen molar-refractivity contribution in [3.63, 3.8) is 0 Å². The van der Waals surface area contributed by atoms with Crippen LogP contribution in [0.3, 0.4) is 0 Å². The second-order valence-corrected chi connectivity index (χ2v) is 7.29. The molecule has 3 aromatic rings. The van der Waals surface area contributed by atoms with Gasteiger partial charge in [0.1, 0.15) is 5.56 Å². The van der Waals surface area contributed by atoms with Gasteiger partial charge in [-0.25, -0.2) is 9.36 Å². The highest BCUT2D eigenvalue weighted by molar-refractivity contribution is 6.03. The van der Waals surface area contributed by atoms with Gasteiger partial charge in [-0.1, -0.05) is 50.6 Å². The van der Waals surface area contributed by atoms with E-state index in [9.17, 15) is 14.7 Å². The molecule has 0 bridgehead atoms. The van der Waals surface area contributed by atoms with Gasteiger partial charge in [0.2, 0.25) is 5.88 Å². The number of hydrogen-bond donors (Lipinski definition) is 2. The van der Waals surface area contributed by atoms with Gasteiger partial charge in [0.25, 0.3) is 5.56 Å². The third-order valence-electron chi connectivity index (χ3n) is 4.83. The fourth-order valence-corrected chi connectivity index (χ4v) is 3.12.